The SMILES string of the molecule is O=c1oc2c([N+](=O)[O-])cccc2n1CN1CCOCC1. The summed E-state index contributed by atoms with van der Waals surface area (Å²) in [5.74, 6) is -0.583. The maximum absolute atomic E-state index is 11.9. The summed E-state index contributed by atoms with van der Waals surface area (Å²) in [5.41, 5.74) is 0.270. The van der Waals surface area contributed by atoms with Gasteiger partial charge < -0.3 is 9.15 Å². The van der Waals surface area contributed by atoms with Crippen molar-refractivity contribution in [3.63, 3.8) is 0 Å². The summed E-state index contributed by atoms with van der Waals surface area (Å²) in [6.07, 6.45) is 0. The number of benzene rings is 1. The van der Waals surface area contributed by atoms with Crippen molar-refractivity contribution < 1.29 is 14.1 Å². The number of nitrogens with zero attached hydrogens (tertiary/aromatic N) is 3. The van der Waals surface area contributed by atoms with Crippen molar-refractivity contribution in [3.05, 3.63) is 38.9 Å². The molecule has 0 atom stereocenters. The largest absolute Gasteiger partial charge is 0.421 e. The highest BCUT2D eigenvalue weighted by Crippen LogP contribution is 2.24. The Labute approximate surface area is 113 Å². The molecule has 1 saturated heterocycles. The molecular weight excluding hydrogens is 266 g/mol. The van der Waals surface area contributed by atoms with Crippen molar-refractivity contribution in [2.75, 3.05) is 26.3 Å². The van der Waals surface area contributed by atoms with Crippen LogP contribution in [-0.2, 0) is 11.4 Å². The number of non-ortho nitro benzene ring substituents is 1. The molecule has 0 N–H and O–H groups in total. The summed E-state index contributed by atoms with van der Waals surface area (Å²) in [6, 6.07) is 4.52. The molecule has 106 valence electrons. The number of fused-ring (bicyclic) bond motifs is 1. The highest BCUT2D eigenvalue weighted by atomic mass is 16.6. The molecule has 2 aromatic rings. The van der Waals surface area contributed by atoms with Crippen LogP contribution in [0.2, 0.25) is 0 Å². The van der Waals surface area contributed by atoms with Gasteiger partial charge in [-0.25, -0.2) is 4.79 Å². The van der Waals surface area contributed by atoms with Crippen LogP contribution in [0, 0.1) is 10.1 Å². The molecule has 0 saturated carbocycles. The van der Waals surface area contributed by atoms with E-state index in [1.807, 2.05) is 4.90 Å². The standard InChI is InChI=1S/C12H13N3O5/c16-12-14(8-13-4-6-19-7-5-13)9-2-1-3-10(15(17)18)11(9)20-12/h1-3H,4-8H2. The zero-order valence-electron chi connectivity index (χ0n) is 10.7. The van der Waals surface area contributed by atoms with E-state index in [9.17, 15) is 14.9 Å². The highest BCUT2D eigenvalue weighted by molar-refractivity contribution is 5.82. The van der Waals surface area contributed by atoms with E-state index in [-0.39, 0.29) is 11.3 Å². The second-order valence-corrected chi connectivity index (χ2v) is 4.55. The molecular formula is C12H13N3O5. The van der Waals surface area contributed by atoms with E-state index in [2.05, 4.69) is 0 Å². The minimum Gasteiger partial charge on any atom is -0.400 e. The number of nitro groups is 1. The monoisotopic (exact) mass is 279 g/mol. The summed E-state index contributed by atoms with van der Waals surface area (Å²) in [4.78, 5) is 24.3. The lowest BCUT2D eigenvalue weighted by Gasteiger charge is -2.26. The number of para-hydroxylation sites is 1. The van der Waals surface area contributed by atoms with Gasteiger partial charge in [0.25, 0.3) is 0 Å². The van der Waals surface area contributed by atoms with Crippen molar-refractivity contribution in [3.8, 4) is 0 Å². The molecule has 0 bridgehead atoms. The van der Waals surface area contributed by atoms with Crippen LogP contribution >= 0.6 is 0 Å². The Morgan fingerprint density at radius 3 is 2.75 bits per heavy atom. The first-order valence-electron chi connectivity index (χ1n) is 6.23. The number of aromatic nitrogens is 1. The Morgan fingerprint density at radius 2 is 2.05 bits per heavy atom. The lowest BCUT2D eigenvalue weighted by Crippen LogP contribution is -2.39. The van der Waals surface area contributed by atoms with Crippen LogP contribution in [-0.4, -0.2) is 40.7 Å². The summed E-state index contributed by atoms with van der Waals surface area (Å²) < 4.78 is 11.7. The van der Waals surface area contributed by atoms with Gasteiger partial charge in [-0.2, -0.15) is 0 Å². The van der Waals surface area contributed by atoms with Crippen LogP contribution in [0.3, 0.4) is 0 Å². The molecule has 8 heteroatoms. The van der Waals surface area contributed by atoms with Crippen molar-refractivity contribution in [2.24, 2.45) is 0 Å². The van der Waals surface area contributed by atoms with Gasteiger partial charge in [-0.3, -0.25) is 19.6 Å². The third-order valence-electron chi connectivity index (χ3n) is 3.32. The predicted molar refractivity (Wildman–Crippen MR) is 69.5 cm³/mol. The molecule has 0 spiro atoms. The highest BCUT2D eigenvalue weighted by Gasteiger charge is 2.21. The second-order valence-electron chi connectivity index (χ2n) is 4.55. The van der Waals surface area contributed by atoms with Crippen molar-refractivity contribution in [1.29, 1.82) is 0 Å². The molecule has 0 radical (unpaired) electrons. The predicted octanol–water partition coefficient (Wildman–Crippen LogP) is 0.792. The Kier molecular flexibility index (Phi) is 3.25. The van der Waals surface area contributed by atoms with E-state index in [0.29, 0.717) is 38.5 Å². The molecule has 8 nitrogen and oxygen atoms in total. The summed E-state index contributed by atoms with van der Waals surface area (Å²) in [7, 11) is 0. The van der Waals surface area contributed by atoms with Crippen LogP contribution in [0.15, 0.2) is 27.4 Å². The van der Waals surface area contributed by atoms with Gasteiger partial charge in [0.1, 0.15) is 0 Å². The maximum atomic E-state index is 11.9. The molecule has 0 unspecified atom stereocenters. The summed E-state index contributed by atoms with van der Waals surface area (Å²) >= 11 is 0. The van der Waals surface area contributed by atoms with E-state index in [1.54, 1.807) is 12.1 Å². The van der Waals surface area contributed by atoms with Crippen LogP contribution in [0.4, 0.5) is 5.69 Å². The van der Waals surface area contributed by atoms with Gasteiger partial charge in [-0.05, 0) is 6.07 Å². The average molecular weight is 279 g/mol. The molecule has 1 aliphatic heterocycles. The number of hydrogen-bond donors (Lipinski definition) is 0. The van der Waals surface area contributed by atoms with E-state index in [4.69, 9.17) is 9.15 Å². The number of morpholine rings is 1. The van der Waals surface area contributed by atoms with Crippen molar-refractivity contribution in [1.82, 2.24) is 9.47 Å². The summed E-state index contributed by atoms with van der Waals surface area (Å²) in [5, 5.41) is 10.9. The summed E-state index contributed by atoms with van der Waals surface area (Å²) in [6.45, 7) is 3.01. The Balaban J connectivity index is 2.02. The molecule has 2 heterocycles. The first kappa shape index (κ1) is 12.8. The van der Waals surface area contributed by atoms with Gasteiger partial charge in [0.2, 0.25) is 5.58 Å². The quantitative estimate of drug-likeness (QED) is 0.609. The smallest absolute Gasteiger partial charge is 0.400 e. The first-order valence-corrected chi connectivity index (χ1v) is 6.23. The van der Waals surface area contributed by atoms with E-state index in [0.717, 1.165) is 0 Å². The first-order chi connectivity index (χ1) is 9.66. The van der Waals surface area contributed by atoms with Crippen molar-refractivity contribution in [2.45, 2.75) is 6.67 Å². The fraction of sp³-hybridized carbons (Fsp3) is 0.417. The molecule has 0 aliphatic carbocycles. The van der Waals surface area contributed by atoms with Gasteiger partial charge in [-0.1, -0.05) is 6.07 Å². The number of rotatable bonds is 3. The van der Waals surface area contributed by atoms with Crippen LogP contribution < -0.4 is 5.76 Å². The average Bonchev–Trinajstić information content (AvgIpc) is 2.76. The Bertz CT molecular complexity index is 699. The maximum Gasteiger partial charge on any atom is 0.421 e. The van der Waals surface area contributed by atoms with Gasteiger partial charge in [0, 0.05) is 19.2 Å². The van der Waals surface area contributed by atoms with Crippen LogP contribution in [0.25, 0.3) is 11.1 Å². The third-order valence-corrected chi connectivity index (χ3v) is 3.32. The molecule has 20 heavy (non-hydrogen) atoms. The molecule has 1 fully saturated rings. The van der Waals surface area contributed by atoms with E-state index >= 15 is 0 Å². The van der Waals surface area contributed by atoms with Crippen LogP contribution in [0.5, 0.6) is 0 Å². The Hall–Kier alpha value is -2.19. The third kappa shape index (κ3) is 2.19. The van der Waals surface area contributed by atoms with E-state index < -0.39 is 10.7 Å². The number of hydrogen-bond acceptors (Lipinski definition) is 6. The van der Waals surface area contributed by atoms with Gasteiger partial charge in [0.15, 0.2) is 0 Å². The van der Waals surface area contributed by atoms with Gasteiger partial charge >= 0.3 is 11.4 Å². The second kappa shape index (κ2) is 5.06. The molecule has 3 rings (SSSR count). The zero-order chi connectivity index (χ0) is 14.1. The minimum absolute atomic E-state index is 0.0239. The molecule has 1 aromatic carbocycles. The molecule has 0 amide bonds. The van der Waals surface area contributed by atoms with Gasteiger partial charge in [-0.15, -0.1) is 0 Å². The molecule has 1 aliphatic rings. The van der Waals surface area contributed by atoms with Crippen molar-refractivity contribution >= 4 is 16.8 Å². The lowest BCUT2D eigenvalue weighted by molar-refractivity contribution is -0.383. The van der Waals surface area contributed by atoms with Crippen LogP contribution in [0.1, 0.15) is 0 Å². The minimum atomic E-state index is -0.583. The fourth-order valence-corrected chi connectivity index (χ4v) is 2.29. The van der Waals surface area contributed by atoms with E-state index in [1.165, 1.54) is 10.6 Å². The molecule has 1 aromatic heterocycles. The fourth-order valence-electron chi connectivity index (χ4n) is 2.29. The van der Waals surface area contributed by atoms with Gasteiger partial charge in [0.05, 0.1) is 30.3 Å². The number of ether oxygens (including phenoxy) is 1. The zero-order valence-corrected chi connectivity index (χ0v) is 10.7. The number of nitro benzene ring substituents is 1. The topological polar surface area (TPSA) is 90.8 Å². The lowest BCUT2D eigenvalue weighted by atomic mass is 10.3. The normalized spacial score (nSPS) is 16.6. The number of oxazole rings is 1. The Morgan fingerprint density at radius 1 is 1.30 bits per heavy atom.